The summed E-state index contributed by atoms with van der Waals surface area (Å²) < 4.78 is 27.9. The van der Waals surface area contributed by atoms with Crippen molar-refractivity contribution in [2.45, 2.75) is 11.8 Å². The monoisotopic (exact) mass is 598 g/mol. The summed E-state index contributed by atoms with van der Waals surface area (Å²) in [5.41, 5.74) is 4.62. The molecule has 9 heteroatoms. The number of aromatic nitrogens is 4. The Kier molecular flexibility index (Phi) is 7.45. The molecule has 0 bridgehead atoms. The maximum absolute atomic E-state index is 12.6. The van der Waals surface area contributed by atoms with Gasteiger partial charge < -0.3 is 0 Å². The fraction of sp³-hybridized carbons (Fsp3) is 0.0400. The molecule has 6 nitrogen and oxygen atoms in total. The van der Waals surface area contributed by atoms with Crippen LogP contribution in [0.5, 0.6) is 0 Å². The van der Waals surface area contributed by atoms with E-state index in [1.807, 2.05) is 67.6 Å². The first-order chi connectivity index (χ1) is 16.4. The highest BCUT2D eigenvalue weighted by Crippen LogP contribution is 2.28. The molecule has 0 aliphatic rings. The summed E-state index contributed by atoms with van der Waals surface area (Å²) in [4.78, 5) is 0.215. The molecule has 0 fully saturated rings. The first kappa shape index (κ1) is 24.1. The molecule has 0 aliphatic carbocycles. The van der Waals surface area contributed by atoms with E-state index < -0.39 is 10.0 Å². The number of halogens is 2. The quantitative estimate of drug-likeness (QED) is 0.249. The van der Waals surface area contributed by atoms with Crippen LogP contribution < -0.4 is 0 Å². The largest absolute Gasteiger partial charge is 0.282 e. The average molecular weight is 600 g/mol. The zero-order chi connectivity index (χ0) is 24.1. The molecule has 0 unspecified atom stereocenters. The van der Waals surface area contributed by atoms with E-state index in [4.69, 9.17) is 0 Å². The van der Waals surface area contributed by atoms with E-state index in [9.17, 15) is 8.42 Å². The predicted octanol–water partition coefficient (Wildman–Crippen LogP) is 6.70. The van der Waals surface area contributed by atoms with Crippen molar-refractivity contribution in [2.75, 3.05) is 0 Å². The molecule has 0 radical (unpaired) electrons. The highest BCUT2D eigenvalue weighted by Gasteiger charge is 2.20. The van der Waals surface area contributed by atoms with Gasteiger partial charge in [0.2, 0.25) is 0 Å². The number of H-pyrrole nitrogens is 1. The van der Waals surface area contributed by atoms with Crippen molar-refractivity contribution in [1.29, 1.82) is 0 Å². The second-order valence-electron chi connectivity index (χ2n) is 7.34. The molecular weight excluding hydrogens is 580 g/mol. The Balaban J connectivity index is 0.000000192. The summed E-state index contributed by atoms with van der Waals surface area (Å²) >= 11 is 6.79. The van der Waals surface area contributed by atoms with Gasteiger partial charge in [0, 0.05) is 11.1 Å². The van der Waals surface area contributed by atoms with E-state index in [0.29, 0.717) is 10.2 Å². The van der Waals surface area contributed by atoms with Gasteiger partial charge in [-0.2, -0.15) is 22.7 Å². The minimum Gasteiger partial charge on any atom is -0.277 e. The zero-order valence-electron chi connectivity index (χ0n) is 18.1. The van der Waals surface area contributed by atoms with Crippen LogP contribution in [0.2, 0.25) is 0 Å². The number of hydrogen-bond acceptors (Lipinski definition) is 4. The van der Waals surface area contributed by atoms with Crippen LogP contribution >= 0.6 is 31.9 Å². The third-order valence-electron chi connectivity index (χ3n) is 4.92. The summed E-state index contributed by atoms with van der Waals surface area (Å²) in [6.45, 7) is 1.91. The molecule has 0 amide bonds. The van der Waals surface area contributed by atoms with Gasteiger partial charge in [-0.3, -0.25) is 5.10 Å². The van der Waals surface area contributed by atoms with Crippen LogP contribution in [0.1, 0.15) is 5.56 Å². The van der Waals surface area contributed by atoms with Crippen LogP contribution in [-0.4, -0.2) is 27.8 Å². The SMILES string of the molecule is Brc1cn[nH]c1-c1ccccc1.Cc1ccc(S(=O)(=O)n2cc(Br)c(-c3ccccc3)n2)cc1. The normalized spacial score (nSPS) is 11.0. The molecule has 172 valence electrons. The minimum atomic E-state index is -3.69. The zero-order valence-corrected chi connectivity index (χ0v) is 22.0. The number of aromatic amines is 1. The van der Waals surface area contributed by atoms with Gasteiger partial charge in [-0.25, -0.2) is 0 Å². The van der Waals surface area contributed by atoms with Crippen molar-refractivity contribution in [3.05, 3.63) is 112 Å². The molecule has 3 aromatic carbocycles. The Hall–Kier alpha value is -3.01. The number of benzene rings is 3. The van der Waals surface area contributed by atoms with Crippen molar-refractivity contribution >= 4 is 41.9 Å². The molecule has 5 rings (SSSR count). The molecule has 1 N–H and O–H groups in total. The van der Waals surface area contributed by atoms with Crippen molar-refractivity contribution in [2.24, 2.45) is 0 Å². The van der Waals surface area contributed by atoms with E-state index in [1.54, 1.807) is 30.5 Å². The summed E-state index contributed by atoms with van der Waals surface area (Å²) in [6.07, 6.45) is 3.22. The standard InChI is InChI=1S/C16H13BrN2O2S.C9H7BrN2/c1-12-7-9-14(10-8-12)22(20,21)19-11-15(17)16(18-19)13-5-3-2-4-6-13;10-8-6-11-12-9(8)7-4-2-1-3-5-7/h2-11H,1H3;1-6H,(H,11,12). The molecule has 0 spiro atoms. The summed E-state index contributed by atoms with van der Waals surface area (Å²) in [6, 6.07) is 26.2. The maximum atomic E-state index is 12.6. The molecule has 0 saturated heterocycles. The lowest BCUT2D eigenvalue weighted by Gasteiger charge is -2.04. The van der Waals surface area contributed by atoms with Gasteiger partial charge >= 0.3 is 0 Å². The highest BCUT2D eigenvalue weighted by molar-refractivity contribution is 9.11. The van der Waals surface area contributed by atoms with E-state index >= 15 is 0 Å². The number of hydrogen-bond donors (Lipinski definition) is 1. The van der Waals surface area contributed by atoms with E-state index in [-0.39, 0.29) is 4.90 Å². The molecule has 0 saturated carbocycles. The number of nitrogens with zero attached hydrogens (tertiary/aromatic N) is 3. The molecule has 2 heterocycles. The molecule has 34 heavy (non-hydrogen) atoms. The smallest absolute Gasteiger partial charge is 0.277 e. The lowest BCUT2D eigenvalue weighted by molar-refractivity contribution is 0.580. The van der Waals surface area contributed by atoms with E-state index in [0.717, 1.165) is 30.9 Å². The van der Waals surface area contributed by atoms with Crippen LogP contribution in [0.3, 0.4) is 0 Å². The van der Waals surface area contributed by atoms with Crippen molar-refractivity contribution < 1.29 is 8.42 Å². The third kappa shape index (κ3) is 5.38. The van der Waals surface area contributed by atoms with Crippen molar-refractivity contribution in [3.63, 3.8) is 0 Å². The first-order valence-corrected chi connectivity index (χ1v) is 13.3. The first-order valence-electron chi connectivity index (χ1n) is 10.2. The van der Waals surface area contributed by atoms with Crippen molar-refractivity contribution in [1.82, 2.24) is 19.4 Å². The second kappa shape index (κ2) is 10.5. The highest BCUT2D eigenvalue weighted by atomic mass is 79.9. The Morgan fingerprint density at radius 3 is 1.94 bits per heavy atom. The Bertz CT molecular complexity index is 1480. The van der Waals surface area contributed by atoms with Gasteiger partial charge in [-0.05, 0) is 50.9 Å². The van der Waals surface area contributed by atoms with Crippen LogP contribution in [0.4, 0.5) is 0 Å². The maximum Gasteiger partial charge on any atom is 0.282 e. The fourth-order valence-electron chi connectivity index (χ4n) is 3.15. The molecule has 5 aromatic rings. The third-order valence-corrected chi connectivity index (χ3v) is 7.65. The van der Waals surface area contributed by atoms with Crippen LogP contribution in [0.25, 0.3) is 22.5 Å². The lowest BCUT2D eigenvalue weighted by atomic mass is 10.2. The van der Waals surface area contributed by atoms with Gasteiger partial charge in [-0.1, -0.05) is 78.4 Å². The van der Waals surface area contributed by atoms with E-state index in [1.165, 1.54) is 6.20 Å². The number of nitrogens with one attached hydrogen (secondary N) is 1. The predicted molar refractivity (Wildman–Crippen MR) is 141 cm³/mol. The van der Waals surface area contributed by atoms with Gasteiger partial charge in [0.25, 0.3) is 10.0 Å². The molecule has 0 aliphatic heterocycles. The lowest BCUT2D eigenvalue weighted by Crippen LogP contribution is -2.13. The van der Waals surface area contributed by atoms with Crippen LogP contribution in [0.15, 0.2) is 111 Å². The van der Waals surface area contributed by atoms with Gasteiger partial charge in [0.05, 0.1) is 31.9 Å². The fourth-order valence-corrected chi connectivity index (χ4v) is 5.33. The molecule has 2 aromatic heterocycles. The summed E-state index contributed by atoms with van der Waals surface area (Å²) in [5, 5.41) is 11.1. The van der Waals surface area contributed by atoms with Crippen molar-refractivity contribution in [3.8, 4) is 22.5 Å². The van der Waals surface area contributed by atoms with Gasteiger partial charge in [0.1, 0.15) is 5.69 Å². The molecular formula is C25H20Br2N4O2S. The summed E-state index contributed by atoms with van der Waals surface area (Å²) in [5.74, 6) is 0. The molecule has 0 atom stereocenters. The second-order valence-corrected chi connectivity index (χ2v) is 10.8. The number of aryl methyl sites for hydroxylation is 1. The van der Waals surface area contributed by atoms with Gasteiger partial charge in [-0.15, -0.1) is 0 Å². The average Bonchev–Trinajstić information content (AvgIpc) is 3.47. The van der Waals surface area contributed by atoms with E-state index in [2.05, 4.69) is 47.2 Å². The van der Waals surface area contributed by atoms with Crippen LogP contribution in [0, 0.1) is 6.92 Å². The van der Waals surface area contributed by atoms with Crippen LogP contribution in [-0.2, 0) is 10.0 Å². The minimum absolute atomic E-state index is 0.215. The Morgan fingerprint density at radius 2 is 1.38 bits per heavy atom. The Labute approximate surface area is 215 Å². The number of rotatable bonds is 4. The Morgan fingerprint density at radius 1 is 0.794 bits per heavy atom. The summed E-state index contributed by atoms with van der Waals surface area (Å²) in [7, 11) is -3.69. The topological polar surface area (TPSA) is 80.6 Å². The van der Waals surface area contributed by atoms with Gasteiger partial charge in [0.15, 0.2) is 0 Å².